The Morgan fingerprint density at radius 2 is 2.11 bits per heavy atom. The molecule has 0 aromatic heterocycles. The summed E-state index contributed by atoms with van der Waals surface area (Å²) in [5.74, 6) is -2.87. The van der Waals surface area contributed by atoms with E-state index in [0.29, 0.717) is 17.2 Å². The number of benzene rings is 1. The standard InChI is InChI=1S/C19H18ClN3O3S/c1-2-3-8-26-16(24)11-27-19-14(10-22)17(13(9-21)18(25)23-19)12-6-4-5-7-15(12)20/h4-7,13,17H,2-3,8,11H2,1H3,(H,23,25)/t13-,17+/m0/s1. The van der Waals surface area contributed by atoms with Crippen LogP contribution < -0.4 is 5.32 Å². The van der Waals surface area contributed by atoms with Crippen LogP contribution in [0.3, 0.4) is 0 Å². The topological polar surface area (TPSA) is 103 Å². The molecule has 0 bridgehead atoms. The molecule has 1 N–H and O–H groups in total. The van der Waals surface area contributed by atoms with Crippen molar-refractivity contribution in [3.05, 3.63) is 45.5 Å². The lowest BCUT2D eigenvalue weighted by Gasteiger charge is -2.29. The van der Waals surface area contributed by atoms with Crippen molar-refractivity contribution < 1.29 is 14.3 Å². The molecule has 1 aromatic rings. The lowest BCUT2D eigenvalue weighted by atomic mass is 9.79. The molecule has 2 rings (SSSR count). The number of halogens is 1. The maximum absolute atomic E-state index is 12.4. The Labute approximate surface area is 167 Å². The van der Waals surface area contributed by atoms with Gasteiger partial charge in [0.2, 0.25) is 5.91 Å². The molecule has 1 amide bonds. The average Bonchev–Trinajstić information content (AvgIpc) is 2.66. The molecule has 0 fully saturated rings. The van der Waals surface area contributed by atoms with E-state index in [9.17, 15) is 20.1 Å². The summed E-state index contributed by atoms with van der Waals surface area (Å²) in [5.41, 5.74) is 0.737. The summed E-state index contributed by atoms with van der Waals surface area (Å²) in [4.78, 5) is 24.2. The molecule has 140 valence electrons. The molecule has 2 atom stereocenters. The normalized spacial score (nSPS) is 19.0. The van der Waals surface area contributed by atoms with Gasteiger partial charge in [0.15, 0.2) is 0 Å². The number of nitrogens with one attached hydrogen (secondary N) is 1. The third kappa shape index (κ3) is 5.03. The number of nitriles is 2. The number of esters is 1. The van der Waals surface area contributed by atoms with Gasteiger partial charge in [0.05, 0.1) is 35.1 Å². The van der Waals surface area contributed by atoms with Crippen molar-refractivity contribution in [2.75, 3.05) is 12.4 Å². The number of ether oxygens (including phenoxy) is 1. The number of rotatable bonds is 7. The van der Waals surface area contributed by atoms with Gasteiger partial charge in [-0.05, 0) is 18.1 Å². The molecule has 1 aliphatic rings. The Kier molecular flexibility index (Phi) is 7.72. The van der Waals surface area contributed by atoms with Crippen molar-refractivity contribution in [3.63, 3.8) is 0 Å². The lowest BCUT2D eigenvalue weighted by Crippen LogP contribution is -2.39. The van der Waals surface area contributed by atoms with Gasteiger partial charge in [0, 0.05) is 10.9 Å². The van der Waals surface area contributed by atoms with Crippen LogP contribution in [0.2, 0.25) is 5.02 Å². The number of thioether (sulfide) groups is 1. The van der Waals surface area contributed by atoms with Gasteiger partial charge in [-0.25, -0.2) is 0 Å². The fraction of sp³-hybridized carbons (Fsp3) is 0.368. The second-order valence-electron chi connectivity index (χ2n) is 5.81. The Hall–Kier alpha value is -2.48. The zero-order valence-corrected chi connectivity index (χ0v) is 16.3. The van der Waals surface area contributed by atoms with Crippen LogP contribution in [0.5, 0.6) is 0 Å². The predicted octanol–water partition coefficient (Wildman–Crippen LogP) is 3.50. The quantitative estimate of drug-likeness (QED) is 0.552. The monoisotopic (exact) mass is 403 g/mol. The summed E-state index contributed by atoms with van der Waals surface area (Å²) >= 11 is 7.26. The highest BCUT2D eigenvalue weighted by Gasteiger charge is 2.40. The number of amides is 1. The van der Waals surface area contributed by atoms with Gasteiger partial charge in [-0.15, -0.1) is 0 Å². The van der Waals surface area contributed by atoms with Crippen LogP contribution >= 0.6 is 23.4 Å². The van der Waals surface area contributed by atoms with Crippen molar-refractivity contribution >= 4 is 35.2 Å². The number of hydrogen-bond acceptors (Lipinski definition) is 6. The van der Waals surface area contributed by atoms with Crippen LogP contribution in [0.15, 0.2) is 34.9 Å². The molecule has 0 spiro atoms. The number of allylic oxidation sites excluding steroid dienone is 1. The van der Waals surface area contributed by atoms with Crippen LogP contribution in [0.4, 0.5) is 0 Å². The minimum absolute atomic E-state index is 0.0447. The van der Waals surface area contributed by atoms with Gasteiger partial charge < -0.3 is 10.1 Å². The Morgan fingerprint density at radius 3 is 2.74 bits per heavy atom. The molecule has 8 heteroatoms. The molecule has 0 radical (unpaired) electrons. The number of carbonyl (C=O) groups excluding carboxylic acids is 2. The Balaban J connectivity index is 2.31. The third-order valence-electron chi connectivity index (χ3n) is 4.00. The van der Waals surface area contributed by atoms with Crippen LogP contribution in [-0.4, -0.2) is 24.2 Å². The zero-order chi connectivity index (χ0) is 19.8. The van der Waals surface area contributed by atoms with E-state index in [0.717, 1.165) is 24.6 Å². The summed E-state index contributed by atoms with van der Waals surface area (Å²) in [6.07, 6.45) is 1.69. The van der Waals surface area contributed by atoms with Crippen LogP contribution in [0.25, 0.3) is 0 Å². The first-order chi connectivity index (χ1) is 13.0. The van der Waals surface area contributed by atoms with Gasteiger partial charge in [0.25, 0.3) is 0 Å². The van der Waals surface area contributed by atoms with E-state index in [1.807, 2.05) is 13.0 Å². The van der Waals surface area contributed by atoms with Gasteiger partial charge in [-0.3, -0.25) is 9.59 Å². The molecular weight excluding hydrogens is 386 g/mol. The van der Waals surface area contributed by atoms with E-state index >= 15 is 0 Å². The van der Waals surface area contributed by atoms with Gasteiger partial charge in [-0.2, -0.15) is 10.5 Å². The van der Waals surface area contributed by atoms with Crippen molar-refractivity contribution in [1.29, 1.82) is 10.5 Å². The molecule has 0 saturated carbocycles. The van der Waals surface area contributed by atoms with Gasteiger partial charge in [-0.1, -0.05) is 54.9 Å². The van der Waals surface area contributed by atoms with E-state index in [1.54, 1.807) is 24.3 Å². The fourth-order valence-corrected chi connectivity index (χ4v) is 3.75. The van der Waals surface area contributed by atoms with E-state index in [-0.39, 0.29) is 16.4 Å². The highest BCUT2D eigenvalue weighted by atomic mass is 35.5. The predicted molar refractivity (Wildman–Crippen MR) is 102 cm³/mol. The highest BCUT2D eigenvalue weighted by molar-refractivity contribution is 8.03. The first-order valence-electron chi connectivity index (χ1n) is 8.41. The number of carbonyl (C=O) groups is 2. The Bertz CT molecular complexity index is 841. The number of unbranched alkanes of at least 4 members (excludes halogenated alkanes) is 1. The summed E-state index contributed by atoms with van der Waals surface area (Å²) in [6, 6.07) is 10.8. The molecule has 0 saturated heterocycles. The summed E-state index contributed by atoms with van der Waals surface area (Å²) in [7, 11) is 0. The Morgan fingerprint density at radius 1 is 1.37 bits per heavy atom. The van der Waals surface area contributed by atoms with Crippen LogP contribution in [-0.2, 0) is 14.3 Å². The molecule has 1 aliphatic heterocycles. The maximum atomic E-state index is 12.4. The second kappa shape index (κ2) is 10.0. The molecule has 0 aliphatic carbocycles. The van der Waals surface area contributed by atoms with Crippen molar-refractivity contribution in [3.8, 4) is 12.1 Å². The third-order valence-corrected chi connectivity index (χ3v) is 5.34. The first kappa shape index (κ1) is 20.8. The van der Waals surface area contributed by atoms with E-state index in [1.165, 1.54) is 0 Å². The van der Waals surface area contributed by atoms with Crippen molar-refractivity contribution in [2.24, 2.45) is 5.92 Å². The van der Waals surface area contributed by atoms with Crippen molar-refractivity contribution in [1.82, 2.24) is 5.32 Å². The van der Waals surface area contributed by atoms with E-state index in [4.69, 9.17) is 16.3 Å². The van der Waals surface area contributed by atoms with Gasteiger partial charge in [0.1, 0.15) is 5.92 Å². The minimum Gasteiger partial charge on any atom is -0.465 e. The van der Waals surface area contributed by atoms with Crippen LogP contribution in [0, 0.1) is 28.6 Å². The molecule has 1 aromatic carbocycles. The van der Waals surface area contributed by atoms with Crippen molar-refractivity contribution in [2.45, 2.75) is 25.7 Å². The van der Waals surface area contributed by atoms with Gasteiger partial charge >= 0.3 is 5.97 Å². The molecule has 27 heavy (non-hydrogen) atoms. The summed E-state index contributed by atoms with van der Waals surface area (Å²) in [5, 5.41) is 22.3. The SMILES string of the molecule is CCCCOC(=O)CSC1=C(C#N)[C@H](c2ccccc2Cl)[C@H](C#N)C(=O)N1. The minimum atomic E-state index is -1.08. The average molecular weight is 404 g/mol. The molecule has 1 heterocycles. The number of nitrogens with zero attached hydrogens (tertiary/aromatic N) is 2. The maximum Gasteiger partial charge on any atom is 0.316 e. The smallest absolute Gasteiger partial charge is 0.316 e. The van der Waals surface area contributed by atoms with E-state index in [2.05, 4.69) is 11.4 Å². The summed E-state index contributed by atoms with van der Waals surface area (Å²) in [6.45, 7) is 2.33. The first-order valence-corrected chi connectivity index (χ1v) is 9.77. The fourth-order valence-electron chi connectivity index (χ4n) is 2.65. The largest absolute Gasteiger partial charge is 0.465 e. The molecular formula is C19H18ClN3O3S. The molecule has 0 unspecified atom stereocenters. The second-order valence-corrected chi connectivity index (χ2v) is 7.21. The number of hydrogen-bond donors (Lipinski definition) is 1. The lowest BCUT2D eigenvalue weighted by molar-refractivity contribution is -0.140. The highest BCUT2D eigenvalue weighted by Crippen LogP contribution is 2.41. The van der Waals surface area contributed by atoms with Crippen LogP contribution in [0.1, 0.15) is 31.2 Å². The zero-order valence-electron chi connectivity index (χ0n) is 14.7. The summed E-state index contributed by atoms with van der Waals surface area (Å²) < 4.78 is 5.09. The molecule has 6 nitrogen and oxygen atoms in total. The van der Waals surface area contributed by atoms with E-state index < -0.39 is 23.7 Å².